The summed E-state index contributed by atoms with van der Waals surface area (Å²) in [4.78, 5) is 29.1. The van der Waals surface area contributed by atoms with Crippen molar-refractivity contribution in [2.75, 3.05) is 5.01 Å². The number of anilines is 1. The number of aryl methyl sites for hydroxylation is 2. The first-order chi connectivity index (χ1) is 14.8. The van der Waals surface area contributed by atoms with Crippen molar-refractivity contribution in [1.29, 1.82) is 0 Å². The van der Waals surface area contributed by atoms with Crippen LogP contribution in [0.15, 0.2) is 58.1 Å². The molecule has 0 aliphatic carbocycles. The number of carbonyl (C=O) groups excluding carboxylic acids is 1. The topological polar surface area (TPSA) is 88.7 Å². The summed E-state index contributed by atoms with van der Waals surface area (Å²) in [5.41, 5.74) is 3.16. The number of thiophene rings is 1. The Hall–Kier alpha value is -2.95. The second-order valence-corrected chi connectivity index (χ2v) is 9.74. The highest BCUT2D eigenvalue weighted by atomic mass is 79.9. The second kappa shape index (κ2) is 8.66. The number of aromatic nitrogens is 1. The standard InChI is InChI=1S/C21H15BrN4O3S2/c1-12-3-6-16(13(2)9-12)20(27)25(23-11-15-5-8-19(30-15)26(28)29)21-24-17-7-4-14(22)10-18(17)31-21/h3-11H,1-2H3/b23-11+. The predicted molar refractivity (Wildman–Crippen MR) is 129 cm³/mol. The van der Waals surface area contributed by atoms with E-state index in [1.165, 1.54) is 28.6 Å². The van der Waals surface area contributed by atoms with Gasteiger partial charge in [-0.25, -0.2) is 4.98 Å². The number of hydrazone groups is 1. The molecule has 0 fully saturated rings. The van der Waals surface area contributed by atoms with Gasteiger partial charge in [0, 0.05) is 16.1 Å². The fourth-order valence-corrected chi connectivity index (χ4v) is 5.12. The van der Waals surface area contributed by atoms with Crippen LogP contribution in [0.4, 0.5) is 10.1 Å². The molecule has 0 aliphatic heterocycles. The van der Waals surface area contributed by atoms with Crippen LogP contribution in [-0.2, 0) is 0 Å². The van der Waals surface area contributed by atoms with E-state index >= 15 is 0 Å². The van der Waals surface area contributed by atoms with Crippen LogP contribution in [0.3, 0.4) is 0 Å². The summed E-state index contributed by atoms with van der Waals surface area (Å²) in [5.74, 6) is -0.321. The second-order valence-electron chi connectivity index (χ2n) is 6.72. The van der Waals surface area contributed by atoms with E-state index in [1.54, 1.807) is 12.1 Å². The maximum atomic E-state index is 13.4. The van der Waals surface area contributed by atoms with Crippen LogP contribution in [0.1, 0.15) is 26.4 Å². The minimum absolute atomic E-state index is 0.0125. The lowest BCUT2D eigenvalue weighted by atomic mass is 10.1. The van der Waals surface area contributed by atoms with Crippen LogP contribution in [0.5, 0.6) is 0 Å². The van der Waals surface area contributed by atoms with E-state index in [0.29, 0.717) is 15.6 Å². The van der Waals surface area contributed by atoms with Gasteiger partial charge in [0.2, 0.25) is 5.13 Å². The third-order valence-corrected chi connectivity index (χ3v) is 6.88. The van der Waals surface area contributed by atoms with Crippen molar-refractivity contribution < 1.29 is 9.72 Å². The fourth-order valence-electron chi connectivity index (χ4n) is 2.96. The van der Waals surface area contributed by atoms with Gasteiger partial charge in [-0.3, -0.25) is 14.9 Å². The number of hydrogen-bond acceptors (Lipinski definition) is 7. The van der Waals surface area contributed by atoms with Crippen molar-refractivity contribution in [3.63, 3.8) is 0 Å². The molecule has 0 bridgehead atoms. The van der Waals surface area contributed by atoms with Gasteiger partial charge in [0.15, 0.2) is 0 Å². The third-order valence-electron chi connectivity index (χ3n) is 4.42. The van der Waals surface area contributed by atoms with Gasteiger partial charge in [-0.05, 0) is 49.7 Å². The van der Waals surface area contributed by atoms with Crippen LogP contribution in [0.25, 0.3) is 10.2 Å². The van der Waals surface area contributed by atoms with E-state index in [9.17, 15) is 14.9 Å². The number of carbonyl (C=O) groups is 1. The first kappa shape index (κ1) is 21.3. The molecule has 0 N–H and O–H groups in total. The number of nitro groups is 1. The minimum Gasteiger partial charge on any atom is -0.267 e. The van der Waals surface area contributed by atoms with Gasteiger partial charge in [0.1, 0.15) is 0 Å². The molecule has 4 aromatic rings. The van der Waals surface area contributed by atoms with Crippen molar-refractivity contribution in [2.24, 2.45) is 5.10 Å². The summed E-state index contributed by atoms with van der Waals surface area (Å²) >= 11 is 5.78. The number of fused-ring (bicyclic) bond motifs is 1. The summed E-state index contributed by atoms with van der Waals surface area (Å²) in [7, 11) is 0. The Morgan fingerprint density at radius 1 is 1.16 bits per heavy atom. The predicted octanol–water partition coefficient (Wildman–Crippen LogP) is 6.33. The maximum absolute atomic E-state index is 13.4. The molecule has 0 radical (unpaired) electrons. The zero-order chi connectivity index (χ0) is 22.1. The lowest BCUT2D eigenvalue weighted by molar-refractivity contribution is -0.380. The number of halogens is 1. The van der Waals surface area contributed by atoms with Crippen LogP contribution >= 0.6 is 38.6 Å². The molecule has 0 atom stereocenters. The molecular formula is C21H15BrN4O3S2. The van der Waals surface area contributed by atoms with Gasteiger partial charge in [0.25, 0.3) is 5.91 Å². The number of nitrogens with zero attached hydrogens (tertiary/aromatic N) is 4. The number of benzene rings is 2. The number of thiazole rings is 1. The molecule has 4 rings (SSSR count). The highest BCUT2D eigenvalue weighted by Gasteiger charge is 2.23. The Bertz CT molecular complexity index is 1350. The Balaban J connectivity index is 1.77. The average molecular weight is 515 g/mol. The summed E-state index contributed by atoms with van der Waals surface area (Å²) in [6, 6.07) is 14.3. The van der Waals surface area contributed by atoms with Crippen LogP contribution in [-0.4, -0.2) is 22.0 Å². The fraction of sp³-hybridized carbons (Fsp3) is 0.0952. The number of rotatable bonds is 5. The van der Waals surface area contributed by atoms with Crippen molar-refractivity contribution in [2.45, 2.75) is 13.8 Å². The Labute approximate surface area is 193 Å². The quantitative estimate of drug-likeness (QED) is 0.177. The Morgan fingerprint density at radius 3 is 2.68 bits per heavy atom. The molecule has 1 amide bonds. The maximum Gasteiger partial charge on any atom is 0.324 e. The zero-order valence-corrected chi connectivity index (χ0v) is 19.6. The van der Waals surface area contributed by atoms with Gasteiger partial charge in [-0.15, -0.1) is 0 Å². The SMILES string of the molecule is Cc1ccc(C(=O)N(/N=C/c2ccc([N+](=O)[O-])s2)c2nc3ccc(Br)cc3s2)c(C)c1. The van der Waals surface area contributed by atoms with E-state index in [-0.39, 0.29) is 10.9 Å². The smallest absolute Gasteiger partial charge is 0.267 e. The highest BCUT2D eigenvalue weighted by Crippen LogP contribution is 2.32. The summed E-state index contributed by atoms with van der Waals surface area (Å²) in [5, 5.41) is 17.0. The van der Waals surface area contributed by atoms with Gasteiger partial charge < -0.3 is 0 Å². The molecule has 31 heavy (non-hydrogen) atoms. The van der Waals surface area contributed by atoms with Gasteiger partial charge in [-0.2, -0.15) is 10.1 Å². The molecule has 2 aromatic carbocycles. The largest absolute Gasteiger partial charge is 0.324 e. The molecule has 0 unspecified atom stereocenters. The number of amides is 1. The molecule has 2 aromatic heterocycles. The van der Waals surface area contributed by atoms with E-state index in [0.717, 1.165) is 37.2 Å². The molecule has 2 heterocycles. The third kappa shape index (κ3) is 4.55. The highest BCUT2D eigenvalue weighted by molar-refractivity contribution is 9.10. The van der Waals surface area contributed by atoms with Crippen molar-refractivity contribution in [3.8, 4) is 0 Å². The van der Waals surface area contributed by atoms with Crippen molar-refractivity contribution >= 4 is 71.1 Å². The molecule has 10 heteroatoms. The van der Waals surface area contributed by atoms with Crippen molar-refractivity contribution in [3.05, 3.63) is 84.7 Å². The van der Waals surface area contributed by atoms with Crippen LogP contribution in [0.2, 0.25) is 0 Å². The Morgan fingerprint density at radius 2 is 1.97 bits per heavy atom. The molecular weight excluding hydrogens is 500 g/mol. The molecule has 0 aliphatic rings. The molecule has 156 valence electrons. The van der Waals surface area contributed by atoms with Crippen molar-refractivity contribution in [1.82, 2.24) is 4.98 Å². The first-order valence-corrected chi connectivity index (χ1v) is 11.5. The minimum atomic E-state index is -0.452. The molecule has 0 spiro atoms. The zero-order valence-electron chi connectivity index (χ0n) is 16.4. The monoisotopic (exact) mass is 514 g/mol. The van der Waals surface area contributed by atoms with Gasteiger partial charge >= 0.3 is 5.00 Å². The first-order valence-electron chi connectivity index (χ1n) is 9.08. The van der Waals surface area contributed by atoms with Gasteiger partial charge in [0.05, 0.1) is 26.2 Å². The van der Waals surface area contributed by atoms with E-state index in [4.69, 9.17) is 0 Å². The van der Waals surface area contributed by atoms with Crippen LogP contribution in [0, 0.1) is 24.0 Å². The normalized spacial score (nSPS) is 11.3. The summed E-state index contributed by atoms with van der Waals surface area (Å²) in [6.45, 7) is 3.84. The summed E-state index contributed by atoms with van der Waals surface area (Å²) in [6.07, 6.45) is 1.45. The van der Waals surface area contributed by atoms with E-state index in [1.807, 2.05) is 44.2 Å². The lowest BCUT2D eigenvalue weighted by Gasteiger charge is -2.15. The van der Waals surface area contributed by atoms with E-state index < -0.39 is 4.92 Å². The number of hydrogen-bond donors (Lipinski definition) is 0. The molecule has 0 saturated carbocycles. The lowest BCUT2D eigenvalue weighted by Crippen LogP contribution is -2.26. The molecule has 7 nitrogen and oxygen atoms in total. The average Bonchev–Trinajstić information content (AvgIpc) is 3.35. The van der Waals surface area contributed by atoms with Gasteiger partial charge in [-0.1, -0.05) is 56.3 Å². The Kier molecular flexibility index (Phi) is 5.94. The van der Waals surface area contributed by atoms with E-state index in [2.05, 4.69) is 26.0 Å². The summed E-state index contributed by atoms with van der Waals surface area (Å²) < 4.78 is 1.82. The molecule has 0 saturated heterocycles. The van der Waals surface area contributed by atoms with Crippen LogP contribution < -0.4 is 5.01 Å².